The van der Waals surface area contributed by atoms with Crippen molar-refractivity contribution in [1.82, 2.24) is 4.98 Å². The first-order chi connectivity index (χ1) is 12.1. The first-order valence-corrected chi connectivity index (χ1v) is 10.5. The van der Waals surface area contributed by atoms with Gasteiger partial charge in [-0.2, -0.15) is 0 Å². The molecule has 0 atom stereocenters. The van der Waals surface area contributed by atoms with Crippen molar-refractivity contribution in [2.45, 2.75) is 54.2 Å². The van der Waals surface area contributed by atoms with E-state index in [1.807, 2.05) is 36.0 Å². The van der Waals surface area contributed by atoms with Crippen LogP contribution in [0.2, 0.25) is 0 Å². The molecular formula is C20H22FNOS2. The molecular weight excluding hydrogens is 353 g/mol. The molecule has 0 radical (unpaired) electrons. The molecule has 0 bridgehead atoms. The number of hydrogen-bond acceptors (Lipinski definition) is 4. The molecule has 1 aromatic heterocycles. The van der Waals surface area contributed by atoms with Gasteiger partial charge in [-0.25, -0.2) is 9.37 Å². The number of pyridine rings is 1. The van der Waals surface area contributed by atoms with Crippen LogP contribution in [0.4, 0.5) is 4.39 Å². The van der Waals surface area contributed by atoms with Gasteiger partial charge in [0.25, 0.3) is 0 Å². The number of benzene rings is 1. The highest BCUT2D eigenvalue weighted by atomic mass is 32.2. The summed E-state index contributed by atoms with van der Waals surface area (Å²) in [4.78, 5) is 16.1. The van der Waals surface area contributed by atoms with Gasteiger partial charge in [0.1, 0.15) is 16.6 Å². The Morgan fingerprint density at radius 1 is 1.32 bits per heavy atom. The molecule has 1 saturated carbocycles. The summed E-state index contributed by atoms with van der Waals surface area (Å²) in [6, 6.07) is 9.34. The van der Waals surface area contributed by atoms with Crippen molar-refractivity contribution >= 4 is 29.3 Å². The lowest BCUT2D eigenvalue weighted by Crippen LogP contribution is -2.13. The summed E-state index contributed by atoms with van der Waals surface area (Å²) >= 11 is 3.28. The third-order valence-electron chi connectivity index (χ3n) is 4.28. The molecule has 1 heterocycles. The molecule has 1 fully saturated rings. The predicted octanol–water partition coefficient (Wildman–Crippen LogP) is 5.99. The second-order valence-corrected chi connectivity index (χ2v) is 8.75. The van der Waals surface area contributed by atoms with Gasteiger partial charge in [0, 0.05) is 28.3 Å². The van der Waals surface area contributed by atoms with E-state index in [2.05, 4.69) is 4.98 Å². The molecule has 132 valence electrons. The van der Waals surface area contributed by atoms with Gasteiger partial charge in [-0.1, -0.05) is 18.6 Å². The number of rotatable bonds is 8. The summed E-state index contributed by atoms with van der Waals surface area (Å²) in [6.07, 6.45) is 6.93. The fourth-order valence-corrected chi connectivity index (χ4v) is 4.83. The lowest BCUT2D eigenvalue weighted by atomic mass is 10.00. The summed E-state index contributed by atoms with van der Waals surface area (Å²) in [5, 5.41) is 1.64. The lowest BCUT2D eigenvalue weighted by molar-refractivity contribution is -0.117. The van der Waals surface area contributed by atoms with Crippen LogP contribution in [0.1, 0.15) is 39.0 Å². The Bertz CT molecular complexity index is 746. The van der Waals surface area contributed by atoms with Gasteiger partial charge in [0.2, 0.25) is 0 Å². The number of thioether (sulfide) groups is 2. The van der Waals surface area contributed by atoms with Crippen molar-refractivity contribution in [3.05, 3.63) is 42.3 Å². The quantitative estimate of drug-likeness (QED) is 0.418. The van der Waals surface area contributed by atoms with Crippen LogP contribution in [-0.2, 0) is 4.79 Å². The summed E-state index contributed by atoms with van der Waals surface area (Å²) in [6.45, 7) is 1.59. The Labute approximate surface area is 157 Å². The molecule has 2 aromatic rings. The number of halogens is 1. The van der Waals surface area contributed by atoms with E-state index in [0.29, 0.717) is 16.6 Å². The van der Waals surface area contributed by atoms with Crippen LogP contribution in [0.25, 0.3) is 11.1 Å². The van der Waals surface area contributed by atoms with E-state index in [1.165, 1.54) is 31.0 Å². The first-order valence-electron chi connectivity index (χ1n) is 8.67. The minimum atomic E-state index is -0.200. The molecule has 0 N–H and O–H groups in total. The predicted molar refractivity (Wildman–Crippen MR) is 104 cm³/mol. The minimum absolute atomic E-state index is 0.185. The third kappa shape index (κ3) is 5.08. The molecule has 1 aromatic carbocycles. The van der Waals surface area contributed by atoms with E-state index in [1.54, 1.807) is 19.2 Å². The Hall–Kier alpha value is -1.33. The number of nitrogens with zero attached hydrogens (tertiary/aromatic N) is 1. The van der Waals surface area contributed by atoms with Crippen LogP contribution < -0.4 is 0 Å². The van der Waals surface area contributed by atoms with E-state index in [9.17, 15) is 9.18 Å². The maximum absolute atomic E-state index is 14.5. The molecule has 2 nitrogen and oxygen atoms in total. The molecule has 1 aliphatic rings. The Kier molecular flexibility index (Phi) is 6.54. The number of Topliss-reactive ketones (excluding diaryl/α,β-unsaturated/α-hetero) is 1. The zero-order valence-corrected chi connectivity index (χ0v) is 16.0. The molecule has 5 heteroatoms. The van der Waals surface area contributed by atoms with Gasteiger partial charge < -0.3 is 4.79 Å². The van der Waals surface area contributed by atoms with Crippen LogP contribution in [0.3, 0.4) is 0 Å². The van der Waals surface area contributed by atoms with Crippen LogP contribution in [0.15, 0.2) is 46.5 Å². The average molecular weight is 376 g/mol. The van der Waals surface area contributed by atoms with Gasteiger partial charge in [-0.15, -0.1) is 23.5 Å². The molecule has 0 spiro atoms. The number of carbonyl (C=O) groups is 1. The molecule has 0 saturated heterocycles. The maximum Gasteiger partial charge on any atom is 0.137 e. The molecule has 25 heavy (non-hydrogen) atoms. The lowest BCUT2D eigenvalue weighted by Gasteiger charge is -2.24. The van der Waals surface area contributed by atoms with Gasteiger partial charge in [-0.05, 0) is 55.7 Å². The number of carbonyl (C=O) groups excluding carboxylic acids is 1. The van der Waals surface area contributed by atoms with Crippen LogP contribution in [0, 0.1) is 5.82 Å². The average Bonchev–Trinajstić information content (AvgIpc) is 2.56. The van der Waals surface area contributed by atoms with Crippen molar-refractivity contribution in [1.29, 1.82) is 0 Å². The highest BCUT2D eigenvalue weighted by molar-refractivity contribution is 8.00. The molecule has 0 unspecified atom stereocenters. The fourth-order valence-electron chi connectivity index (χ4n) is 2.64. The zero-order chi connectivity index (χ0) is 17.6. The van der Waals surface area contributed by atoms with E-state index in [0.717, 1.165) is 28.3 Å². The molecule has 3 rings (SSSR count). The standard InChI is InChI=1S/C20H22FNOS2/c1-14(23)5-4-12-24-19-10-9-15(13-18(19)21)17-8-3-11-22-20(17)25-16-6-2-7-16/h3,8-11,13,16H,2,4-7,12H2,1H3. The summed E-state index contributed by atoms with van der Waals surface area (Å²) in [5.41, 5.74) is 1.88. The van der Waals surface area contributed by atoms with Crippen molar-refractivity contribution in [2.24, 2.45) is 0 Å². The maximum atomic E-state index is 14.5. The Morgan fingerprint density at radius 3 is 2.84 bits per heavy atom. The van der Waals surface area contributed by atoms with Crippen molar-refractivity contribution < 1.29 is 9.18 Å². The van der Waals surface area contributed by atoms with Gasteiger partial charge in [-0.3, -0.25) is 0 Å². The first kappa shape index (κ1) is 18.5. The highest BCUT2D eigenvalue weighted by Crippen LogP contribution is 2.40. The molecule has 0 aliphatic heterocycles. The van der Waals surface area contributed by atoms with Crippen molar-refractivity contribution in [3.8, 4) is 11.1 Å². The van der Waals surface area contributed by atoms with Crippen LogP contribution >= 0.6 is 23.5 Å². The summed E-state index contributed by atoms with van der Waals surface area (Å²) in [5.74, 6) is 0.740. The topological polar surface area (TPSA) is 30.0 Å². The fraction of sp³-hybridized carbons (Fsp3) is 0.400. The Balaban J connectivity index is 1.71. The number of hydrogen-bond donors (Lipinski definition) is 0. The summed E-state index contributed by atoms with van der Waals surface area (Å²) < 4.78 is 14.5. The molecule has 1 aliphatic carbocycles. The second-order valence-electron chi connectivity index (χ2n) is 6.33. The SMILES string of the molecule is CC(=O)CCCSc1ccc(-c2cccnc2SC2CCC2)cc1F. The van der Waals surface area contributed by atoms with Crippen molar-refractivity contribution in [3.63, 3.8) is 0 Å². The van der Waals surface area contributed by atoms with Crippen molar-refractivity contribution in [2.75, 3.05) is 5.75 Å². The monoisotopic (exact) mass is 375 g/mol. The normalized spacial score (nSPS) is 14.3. The van der Waals surface area contributed by atoms with E-state index < -0.39 is 0 Å². The molecule has 0 amide bonds. The zero-order valence-electron chi connectivity index (χ0n) is 14.3. The minimum Gasteiger partial charge on any atom is -0.300 e. The second kappa shape index (κ2) is 8.86. The number of ketones is 1. The van der Waals surface area contributed by atoms with Gasteiger partial charge >= 0.3 is 0 Å². The summed E-state index contributed by atoms with van der Waals surface area (Å²) in [7, 11) is 0. The largest absolute Gasteiger partial charge is 0.300 e. The third-order valence-corrected chi connectivity index (χ3v) is 6.76. The van der Waals surface area contributed by atoms with E-state index >= 15 is 0 Å². The smallest absolute Gasteiger partial charge is 0.137 e. The van der Waals surface area contributed by atoms with Gasteiger partial charge in [0.15, 0.2) is 0 Å². The van der Waals surface area contributed by atoms with Gasteiger partial charge in [0.05, 0.1) is 0 Å². The Morgan fingerprint density at radius 2 is 2.16 bits per heavy atom. The van der Waals surface area contributed by atoms with Crippen LogP contribution in [0.5, 0.6) is 0 Å². The van der Waals surface area contributed by atoms with Crippen LogP contribution in [-0.4, -0.2) is 21.8 Å². The number of aromatic nitrogens is 1. The van der Waals surface area contributed by atoms with E-state index in [4.69, 9.17) is 0 Å². The van der Waals surface area contributed by atoms with E-state index in [-0.39, 0.29) is 11.6 Å². The highest BCUT2D eigenvalue weighted by Gasteiger charge is 2.21.